The van der Waals surface area contributed by atoms with Gasteiger partial charge in [0.2, 0.25) is 0 Å². The van der Waals surface area contributed by atoms with E-state index in [2.05, 4.69) is 0 Å². The van der Waals surface area contributed by atoms with Crippen molar-refractivity contribution in [2.45, 2.75) is 78.2 Å². The molecule has 0 amide bonds. The number of rotatable bonds is 12. The van der Waals surface area contributed by atoms with Gasteiger partial charge in [0.1, 0.15) is 17.9 Å². The summed E-state index contributed by atoms with van der Waals surface area (Å²) in [5.74, 6) is 0.316. The highest BCUT2D eigenvalue weighted by molar-refractivity contribution is 5.81. The number of ketones is 2. The Hall–Kier alpha value is -1.03. The lowest BCUT2D eigenvalue weighted by Gasteiger charge is -2.22. The summed E-state index contributed by atoms with van der Waals surface area (Å²) < 4.78 is 5.27. The average Bonchev–Trinajstić information content (AvgIpc) is 2.43. The number of ether oxygens (including phenoxy) is 1. The summed E-state index contributed by atoms with van der Waals surface area (Å²) in [6.45, 7) is 7.57. The van der Waals surface area contributed by atoms with Gasteiger partial charge >= 0.3 is 0 Å². The molecule has 0 unspecified atom stereocenters. The van der Waals surface area contributed by atoms with Crippen LogP contribution in [0.2, 0.25) is 0 Å². The van der Waals surface area contributed by atoms with E-state index in [1.807, 2.05) is 27.7 Å². The first kappa shape index (κ1) is 20.0. The Kier molecular flexibility index (Phi) is 8.64. The molecule has 0 aromatic rings. The Morgan fingerprint density at radius 1 is 0.905 bits per heavy atom. The van der Waals surface area contributed by atoms with Gasteiger partial charge in [0.15, 0.2) is 0 Å². The number of carbonyl (C=O) groups excluding carboxylic acids is 3. The highest BCUT2D eigenvalue weighted by Gasteiger charge is 2.19. The topological polar surface area (TPSA) is 60.4 Å². The van der Waals surface area contributed by atoms with Gasteiger partial charge in [-0.3, -0.25) is 9.59 Å². The molecule has 0 aliphatic rings. The Morgan fingerprint density at radius 3 is 1.81 bits per heavy atom. The highest BCUT2D eigenvalue weighted by atomic mass is 16.5. The van der Waals surface area contributed by atoms with Crippen LogP contribution in [0, 0.1) is 5.41 Å². The van der Waals surface area contributed by atoms with Crippen LogP contribution in [0.1, 0.15) is 72.6 Å². The fourth-order valence-electron chi connectivity index (χ4n) is 1.80. The summed E-state index contributed by atoms with van der Waals surface area (Å²) >= 11 is 0. The van der Waals surface area contributed by atoms with Crippen molar-refractivity contribution < 1.29 is 19.1 Å². The van der Waals surface area contributed by atoms with Crippen molar-refractivity contribution in [1.29, 1.82) is 0 Å². The predicted octanol–water partition coefficient (Wildman–Crippen LogP) is 3.51. The third-order valence-electron chi connectivity index (χ3n) is 3.84. The molecule has 0 N–H and O–H groups in total. The molecular formula is C17H30O4. The first-order chi connectivity index (χ1) is 9.62. The van der Waals surface area contributed by atoms with E-state index >= 15 is 0 Å². The summed E-state index contributed by atoms with van der Waals surface area (Å²) in [6, 6.07) is 0. The molecular weight excluding hydrogens is 268 g/mol. The SMILES string of the molecule is COC(C)(C)CCC(=O)CCCC(=O)CCC(C)(C)C=O. The molecule has 122 valence electrons. The molecule has 0 spiro atoms. The van der Waals surface area contributed by atoms with Crippen molar-refractivity contribution in [3.63, 3.8) is 0 Å². The molecule has 0 radical (unpaired) electrons. The van der Waals surface area contributed by atoms with Crippen LogP contribution in [0.3, 0.4) is 0 Å². The van der Waals surface area contributed by atoms with E-state index in [-0.39, 0.29) is 17.2 Å². The Balaban J connectivity index is 3.81. The van der Waals surface area contributed by atoms with E-state index in [0.29, 0.717) is 44.9 Å². The number of hydrogen-bond donors (Lipinski definition) is 0. The molecule has 0 aliphatic carbocycles. The number of Topliss-reactive ketones (excluding diaryl/α,β-unsaturated/α-hetero) is 2. The van der Waals surface area contributed by atoms with Crippen LogP contribution in [-0.2, 0) is 19.1 Å². The van der Waals surface area contributed by atoms with Gasteiger partial charge in [-0.2, -0.15) is 0 Å². The smallest absolute Gasteiger partial charge is 0.133 e. The molecule has 4 heteroatoms. The molecule has 0 bridgehead atoms. The van der Waals surface area contributed by atoms with E-state index in [1.165, 1.54) is 0 Å². The first-order valence-electron chi connectivity index (χ1n) is 7.67. The van der Waals surface area contributed by atoms with Gasteiger partial charge in [-0.05, 0) is 33.1 Å². The van der Waals surface area contributed by atoms with Crippen molar-refractivity contribution in [3.8, 4) is 0 Å². The lowest BCUT2D eigenvalue weighted by Crippen LogP contribution is -2.23. The van der Waals surface area contributed by atoms with Crippen molar-refractivity contribution in [3.05, 3.63) is 0 Å². The Morgan fingerprint density at radius 2 is 1.38 bits per heavy atom. The van der Waals surface area contributed by atoms with E-state index in [0.717, 1.165) is 6.29 Å². The zero-order valence-electron chi connectivity index (χ0n) is 14.2. The van der Waals surface area contributed by atoms with Gasteiger partial charge in [-0.1, -0.05) is 13.8 Å². The van der Waals surface area contributed by atoms with Gasteiger partial charge in [-0.25, -0.2) is 0 Å². The predicted molar refractivity (Wildman–Crippen MR) is 83.3 cm³/mol. The Labute approximate surface area is 128 Å². The summed E-state index contributed by atoms with van der Waals surface area (Å²) in [7, 11) is 1.64. The van der Waals surface area contributed by atoms with Crippen molar-refractivity contribution in [1.82, 2.24) is 0 Å². The second kappa shape index (κ2) is 9.08. The number of aldehydes is 1. The maximum Gasteiger partial charge on any atom is 0.133 e. The maximum atomic E-state index is 11.7. The van der Waals surface area contributed by atoms with Crippen molar-refractivity contribution >= 4 is 17.9 Å². The fourth-order valence-corrected chi connectivity index (χ4v) is 1.80. The van der Waals surface area contributed by atoms with Crippen LogP contribution in [0.4, 0.5) is 0 Å². The van der Waals surface area contributed by atoms with Crippen LogP contribution in [-0.4, -0.2) is 30.6 Å². The van der Waals surface area contributed by atoms with Gasteiger partial charge < -0.3 is 9.53 Å². The summed E-state index contributed by atoms with van der Waals surface area (Å²) in [6.07, 6.45) is 4.55. The van der Waals surface area contributed by atoms with Gasteiger partial charge in [0.05, 0.1) is 5.60 Å². The van der Waals surface area contributed by atoms with Crippen molar-refractivity contribution in [2.24, 2.45) is 5.41 Å². The lowest BCUT2D eigenvalue weighted by atomic mass is 9.88. The zero-order valence-corrected chi connectivity index (χ0v) is 14.2. The molecule has 0 saturated carbocycles. The van der Waals surface area contributed by atoms with Crippen LogP contribution >= 0.6 is 0 Å². The summed E-state index contributed by atoms with van der Waals surface area (Å²) in [4.78, 5) is 34.2. The summed E-state index contributed by atoms with van der Waals surface area (Å²) in [5, 5.41) is 0. The zero-order chi connectivity index (χ0) is 16.5. The quantitative estimate of drug-likeness (QED) is 0.517. The molecule has 4 nitrogen and oxygen atoms in total. The minimum Gasteiger partial charge on any atom is -0.379 e. The minimum atomic E-state index is -0.433. The molecule has 0 aromatic carbocycles. The van der Waals surface area contributed by atoms with Crippen LogP contribution < -0.4 is 0 Å². The number of carbonyl (C=O) groups is 3. The van der Waals surface area contributed by atoms with E-state index in [1.54, 1.807) is 7.11 Å². The largest absolute Gasteiger partial charge is 0.379 e. The number of hydrogen-bond acceptors (Lipinski definition) is 4. The molecule has 0 aromatic heterocycles. The molecule has 0 rings (SSSR count). The van der Waals surface area contributed by atoms with Crippen LogP contribution in [0.15, 0.2) is 0 Å². The standard InChI is InChI=1S/C17H30O4/c1-16(2,13-18)11-9-14(19)7-6-8-15(20)10-12-17(3,4)21-5/h13H,6-12H2,1-5H3. The van der Waals surface area contributed by atoms with Gasteiger partial charge in [0, 0.05) is 38.2 Å². The molecule has 0 fully saturated rings. The molecule has 21 heavy (non-hydrogen) atoms. The van der Waals surface area contributed by atoms with E-state index in [4.69, 9.17) is 4.74 Å². The second-order valence-electron chi connectivity index (χ2n) is 7.00. The molecule has 0 saturated heterocycles. The van der Waals surface area contributed by atoms with Crippen molar-refractivity contribution in [2.75, 3.05) is 7.11 Å². The highest BCUT2D eigenvalue weighted by Crippen LogP contribution is 2.20. The van der Waals surface area contributed by atoms with E-state index in [9.17, 15) is 14.4 Å². The monoisotopic (exact) mass is 298 g/mol. The molecule has 0 heterocycles. The number of methoxy groups -OCH3 is 1. The third kappa shape index (κ3) is 10.4. The van der Waals surface area contributed by atoms with Crippen LogP contribution in [0.25, 0.3) is 0 Å². The molecule has 0 aliphatic heterocycles. The van der Waals surface area contributed by atoms with Crippen LogP contribution in [0.5, 0.6) is 0 Å². The fraction of sp³-hybridized carbons (Fsp3) is 0.824. The minimum absolute atomic E-state index is 0.134. The Bertz CT molecular complexity index is 356. The third-order valence-corrected chi connectivity index (χ3v) is 3.84. The van der Waals surface area contributed by atoms with Gasteiger partial charge in [-0.15, -0.1) is 0 Å². The lowest BCUT2D eigenvalue weighted by molar-refractivity contribution is -0.121. The van der Waals surface area contributed by atoms with E-state index < -0.39 is 5.41 Å². The molecule has 0 atom stereocenters. The first-order valence-corrected chi connectivity index (χ1v) is 7.67. The maximum absolute atomic E-state index is 11.7. The normalized spacial score (nSPS) is 12.2. The van der Waals surface area contributed by atoms with Gasteiger partial charge in [0.25, 0.3) is 0 Å². The summed E-state index contributed by atoms with van der Waals surface area (Å²) in [5.41, 5.74) is -0.705. The second-order valence-corrected chi connectivity index (χ2v) is 7.00. The average molecular weight is 298 g/mol.